The molecule has 0 bridgehead atoms. The van der Waals surface area contributed by atoms with Gasteiger partial charge in [-0.15, -0.1) is 0 Å². The van der Waals surface area contributed by atoms with Crippen LogP contribution in [0.5, 0.6) is 0 Å². The average molecular weight is 221 g/mol. The summed E-state index contributed by atoms with van der Waals surface area (Å²) in [5.74, 6) is 0. The topological polar surface area (TPSA) is 82.1 Å². The van der Waals surface area contributed by atoms with Gasteiger partial charge < -0.3 is 4.89 Å². The van der Waals surface area contributed by atoms with E-state index < -0.39 is 23.8 Å². The maximum absolute atomic E-state index is 10.7. The Hall–Kier alpha value is 0.600. The standard InChI is InChI=1S/C2H7O6P3/c1-6-7-9-11(4,5)8-10(2)3/h9H,1-2H3/p+1. The molecular formula is C2H8O6P3+. The molecule has 0 aromatic heterocycles. The summed E-state index contributed by atoms with van der Waals surface area (Å²) in [7, 11) is -5.64. The van der Waals surface area contributed by atoms with Crippen molar-refractivity contribution in [3.05, 3.63) is 0 Å². The first-order valence-electron chi connectivity index (χ1n) is 2.38. The van der Waals surface area contributed by atoms with Crippen molar-refractivity contribution in [2.45, 2.75) is 0 Å². The molecular weight excluding hydrogens is 213 g/mol. The quantitative estimate of drug-likeness (QED) is 0.431. The smallest absolute Gasteiger partial charge is 0.317 e. The van der Waals surface area contributed by atoms with Crippen molar-refractivity contribution in [2.75, 3.05) is 13.8 Å². The molecule has 1 N–H and O–H groups in total. The van der Waals surface area contributed by atoms with E-state index in [1.165, 1.54) is 13.8 Å². The lowest BCUT2D eigenvalue weighted by atomic mass is 11.8. The second-order valence-electron chi connectivity index (χ2n) is 1.38. The normalized spacial score (nSPS) is 18.6. The zero-order valence-electron chi connectivity index (χ0n) is 5.88. The molecule has 0 saturated heterocycles. The minimum atomic E-state index is -3.87. The summed E-state index contributed by atoms with van der Waals surface area (Å²) >= 11 is 0. The number of rotatable bonds is 5. The van der Waals surface area contributed by atoms with Gasteiger partial charge in [0.1, 0.15) is 0 Å². The van der Waals surface area contributed by atoms with Crippen molar-refractivity contribution < 1.29 is 27.9 Å². The third kappa shape index (κ3) is 6.98. The van der Waals surface area contributed by atoms with Crippen LogP contribution in [0.4, 0.5) is 0 Å². The first-order valence-corrected chi connectivity index (χ1v) is 7.33. The van der Waals surface area contributed by atoms with Crippen molar-refractivity contribution in [1.29, 1.82) is 0 Å². The van der Waals surface area contributed by atoms with Gasteiger partial charge in [0.25, 0.3) is 0 Å². The fraction of sp³-hybridized carbons (Fsp3) is 1.00. The second-order valence-corrected chi connectivity index (χ2v) is 6.55. The molecule has 9 heteroatoms. The molecule has 0 amide bonds. The van der Waals surface area contributed by atoms with Gasteiger partial charge in [-0.2, -0.15) is 0 Å². The molecule has 0 rings (SSSR count). The highest BCUT2D eigenvalue weighted by Crippen LogP contribution is 2.65. The molecule has 66 valence electrons. The van der Waals surface area contributed by atoms with Gasteiger partial charge in [-0.3, -0.25) is 0 Å². The Morgan fingerprint density at radius 3 is 2.55 bits per heavy atom. The molecule has 0 aliphatic carbocycles. The van der Waals surface area contributed by atoms with Gasteiger partial charge in [0.05, 0.1) is 7.11 Å². The molecule has 6 nitrogen and oxygen atoms in total. The van der Waals surface area contributed by atoms with E-state index in [1.807, 2.05) is 0 Å². The van der Waals surface area contributed by atoms with Gasteiger partial charge in [-0.1, -0.05) is 4.31 Å². The minimum absolute atomic E-state index is 0.865. The van der Waals surface area contributed by atoms with Gasteiger partial charge in [0.15, 0.2) is 15.2 Å². The Labute approximate surface area is 66.3 Å². The van der Waals surface area contributed by atoms with Gasteiger partial charge in [-0.25, -0.2) is 14.1 Å². The van der Waals surface area contributed by atoms with E-state index in [1.54, 1.807) is 0 Å². The van der Waals surface area contributed by atoms with Crippen molar-refractivity contribution in [3.8, 4) is 0 Å². The zero-order chi connectivity index (χ0) is 8.91. The zero-order valence-corrected chi connectivity index (χ0v) is 8.67. The summed E-state index contributed by atoms with van der Waals surface area (Å²) < 4.78 is 29.4. The molecule has 3 unspecified atom stereocenters. The lowest BCUT2D eigenvalue weighted by Gasteiger charge is -2.00. The molecule has 11 heavy (non-hydrogen) atoms. The van der Waals surface area contributed by atoms with Crippen LogP contribution in [0.15, 0.2) is 0 Å². The SMILES string of the molecule is COOPP(=O)(O)O[P+](C)=O. The fourth-order valence-corrected chi connectivity index (χ4v) is 3.65. The predicted molar refractivity (Wildman–Crippen MR) is 40.8 cm³/mol. The van der Waals surface area contributed by atoms with E-state index in [9.17, 15) is 9.13 Å². The largest absolute Gasteiger partial charge is 0.513 e. The van der Waals surface area contributed by atoms with Gasteiger partial charge in [-0.05, 0) is 4.57 Å². The Kier molecular flexibility index (Phi) is 5.57. The van der Waals surface area contributed by atoms with E-state index in [0.29, 0.717) is 0 Å². The molecule has 0 heterocycles. The molecule has 0 aliphatic rings. The molecule has 0 aliphatic heterocycles. The van der Waals surface area contributed by atoms with Gasteiger partial charge in [0, 0.05) is 0 Å². The van der Waals surface area contributed by atoms with Crippen LogP contribution in [0.25, 0.3) is 0 Å². The van der Waals surface area contributed by atoms with Crippen LogP contribution in [0, 0.1) is 0 Å². The minimum Gasteiger partial charge on any atom is -0.317 e. The number of hydrogen-bond acceptors (Lipinski definition) is 5. The highest BCUT2D eigenvalue weighted by atomic mass is 32.1. The third-order valence-electron chi connectivity index (χ3n) is 0.462. The Bertz CT molecular complexity index is 179. The summed E-state index contributed by atoms with van der Waals surface area (Å²) in [6, 6.07) is 0. The van der Waals surface area contributed by atoms with E-state index in [2.05, 4.69) is 13.9 Å². The maximum atomic E-state index is 10.7. The highest BCUT2D eigenvalue weighted by molar-refractivity contribution is 8.18. The maximum Gasteiger partial charge on any atom is 0.513 e. The van der Waals surface area contributed by atoms with E-state index >= 15 is 0 Å². The van der Waals surface area contributed by atoms with Crippen LogP contribution in [0.3, 0.4) is 0 Å². The van der Waals surface area contributed by atoms with Crippen LogP contribution in [0.1, 0.15) is 0 Å². The first kappa shape index (κ1) is 11.6. The van der Waals surface area contributed by atoms with E-state index in [4.69, 9.17) is 4.89 Å². The first-order chi connectivity index (χ1) is 4.98. The summed E-state index contributed by atoms with van der Waals surface area (Å²) in [5, 5.41) is 0. The molecule has 0 saturated carbocycles. The second kappa shape index (κ2) is 5.28. The fourth-order valence-electron chi connectivity index (χ4n) is 0.257. The van der Waals surface area contributed by atoms with E-state index in [-0.39, 0.29) is 0 Å². The average Bonchev–Trinajstić information content (AvgIpc) is 1.81. The lowest BCUT2D eigenvalue weighted by Crippen LogP contribution is -1.77. The predicted octanol–water partition coefficient (Wildman–Crippen LogP) is 1.65. The Morgan fingerprint density at radius 1 is 1.64 bits per heavy atom. The van der Waals surface area contributed by atoms with Crippen molar-refractivity contribution in [2.24, 2.45) is 0 Å². The van der Waals surface area contributed by atoms with Crippen LogP contribution in [0.2, 0.25) is 0 Å². The lowest BCUT2D eigenvalue weighted by molar-refractivity contribution is -0.164. The van der Waals surface area contributed by atoms with Crippen molar-refractivity contribution >= 4 is 23.8 Å². The monoisotopic (exact) mass is 221 g/mol. The molecule has 0 spiro atoms. The van der Waals surface area contributed by atoms with Crippen molar-refractivity contribution in [3.63, 3.8) is 0 Å². The van der Waals surface area contributed by atoms with Crippen LogP contribution in [-0.4, -0.2) is 18.7 Å². The van der Waals surface area contributed by atoms with Crippen molar-refractivity contribution in [1.82, 2.24) is 0 Å². The van der Waals surface area contributed by atoms with Crippen LogP contribution in [-0.2, 0) is 23.0 Å². The summed E-state index contributed by atoms with van der Waals surface area (Å²) in [5.41, 5.74) is 0. The number of hydrogen-bond donors (Lipinski definition) is 1. The Balaban J connectivity index is 3.80. The molecule has 0 radical (unpaired) electrons. The molecule has 0 fully saturated rings. The summed E-state index contributed by atoms with van der Waals surface area (Å²) in [6.45, 7) is 1.18. The summed E-state index contributed by atoms with van der Waals surface area (Å²) in [6.07, 6.45) is 0. The van der Waals surface area contributed by atoms with Gasteiger partial charge in [0.2, 0.25) is 0 Å². The third-order valence-corrected chi connectivity index (χ3v) is 4.39. The van der Waals surface area contributed by atoms with Crippen LogP contribution >= 0.6 is 23.8 Å². The summed E-state index contributed by atoms with van der Waals surface area (Å²) in [4.78, 5) is 12.8. The molecule has 0 aromatic rings. The van der Waals surface area contributed by atoms with Gasteiger partial charge >= 0.3 is 15.3 Å². The highest BCUT2D eigenvalue weighted by Gasteiger charge is 2.31. The molecule has 0 aromatic carbocycles. The molecule has 3 atom stereocenters. The Morgan fingerprint density at radius 2 is 2.18 bits per heavy atom. The van der Waals surface area contributed by atoms with Crippen LogP contribution < -0.4 is 0 Å². The van der Waals surface area contributed by atoms with E-state index in [0.717, 1.165) is 0 Å².